The third kappa shape index (κ3) is 119. The van der Waals surface area contributed by atoms with Gasteiger partial charge in [-0.1, -0.05) is 0 Å². The third-order valence-electron chi connectivity index (χ3n) is 0. The average Bonchev–Trinajstić information content (AvgIpc) is 0.811. The van der Waals surface area contributed by atoms with E-state index in [0.717, 1.165) is 0 Å². The zero-order chi connectivity index (χ0) is 3.58. The van der Waals surface area contributed by atoms with Gasteiger partial charge in [0.1, 0.15) is 0 Å². The van der Waals surface area contributed by atoms with Gasteiger partial charge in [0, 0.05) is 0 Å². The zero-order valence-electron chi connectivity index (χ0n) is 3.14. The number of carboxylic acid groups (broad SMARTS) is 2. The molecule has 0 N–H and O–H groups in total. The fourth-order valence-electron chi connectivity index (χ4n) is 0. The Labute approximate surface area is 91.1 Å². The van der Waals surface area contributed by atoms with Crippen LogP contribution in [0.1, 0.15) is 0 Å². The molecule has 0 heterocycles. The second-order valence-electron chi connectivity index (χ2n) is 0.250. The van der Waals surface area contributed by atoms with Crippen LogP contribution < -0.4 is 10.2 Å². The molecular weight excluding hydrogens is 277 g/mol. The van der Waals surface area contributed by atoms with Crippen molar-refractivity contribution in [2.24, 2.45) is 0 Å². The molecule has 6 heteroatoms. The molecule has 0 aromatic rings. The predicted octanol–water partition coefficient (Wildman–Crippen LogP) is -2.95. The number of hydrogen-bond donors (Lipinski definition) is 0. The van der Waals surface area contributed by atoms with Crippen LogP contribution in [0.25, 0.3) is 0 Å². The van der Waals surface area contributed by atoms with E-state index in [-0.39, 0.29) is 71.4 Å². The van der Waals surface area contributed by atoms with Gasteiger partial charge < -0.3 is 20.5 Å². The Bertz CT molecular complexity index is 34.7. The van der Waals surface area contributed by atoms with Crippen LogP contribution in [0, 0.1) is 0 Å². The minimum absolute atomic E-state index is 0. The molecule has 0 rings (SSSR count). The molecule has 41 valence electrons. The summed E-state index contributed by atoms with van der Waals surface area (Å²) in [6.45, 7) is 0. The van der Waals surface area contributed by atoms with E-state index in [4.69, 9.17) is 15.0 Å². The second kappa shape index (κ2) is 15.7. The minimum Gasteiger partial charge on any atom is -2.00 e. The Hall–Kier alpha value is 1.32. The standard InChI is InChI=1S/CH2O3.Ba.Cu.O/c2-1(3)4;;;/h(H2,2,3,4);;;/q;2*+2;-2/p-2. The summed E-state index contributed by atoms with van der Waals surface area (Å²) in [5.41, 5.74) is 0. The summed E-state index contributed by atoms with van der Waals surface area (Å²) < 4.78 is 0. The summed E-state index contributed by atoms with van der Waals surface area (Å²) >= 11 is 0. The molecule has 0 aromatic carbocycles. The summed E-state index contributed by atoms with van der Waals surface area (Å²) in [5.74, 6) is 0. The normalized spacial score (nSPS) is 3.43. The van der Waals surface area contributed by atoms with Crippen molar-refractivity contribution in [1.29, 1.82) is 0 Å². The maximum Gasteiger partial charge on any atom is 2.00 e. The SMILES string of the molecule is O=C([O-])[O-].[Ba+2].[Cu+2].[O-2]. The van der Waals surface area contributed by atoms with Crippen LogP contribution >= 0.6 is 0 Å². The fourth-order valence-corrected chi connectivity index (χ4v) is 0. The molecule has 0 spiro atoms. The van der Waals surface area contributed by atoms with E-state index in [1.807, 2.05) is 0 Å². The minimum atomic E-state index is -2.33. The Balaban J connectivity index is -0.0000000150. The van der Waals surface area contributed by atoms with Crippen molar-refractivity contribution in [1.82, 2.24) is 0 Å². The van der Waals surface area contributed by atoms with Gasteiger partial charge in [0.05, 0.1) is 0 Å². The van der Waals surface area contributed by atoms with Crippen molar-refractivity contribution in [2.45, 2.75) is 0 Å². The molecule has 0 unspecified atom stereocenters. The van der Waals surface area contributed by atoms with Gasteiger partial charge in [-0.25, -0.2) is 0 Å². The summed E-state index contributed by atoms with van der Waals surface area (Å²) in [6, 6.07) is 0. The van der Waals surface area contributed by atoms with Crippen LogP contribution in [0.3, 0.4) is 0 Å². The maximum atomic E-state index is 8.33. The first-order valence-corrected chi connectivity index (χ1v) is 0.612. The van der Waals surface area contributed by atoms with Crippen LogP contribution in [0.15, 0.2) is 0 Å². The number of carbonyl (C=O) groups is 1. The van der Waals surface area contributed by atoms with Crippen molar-refractivity contribution in [2.75, 3.05) is 0 Å². The molecule has 0 amide bonds. The van der Waals surface area contributed by atoms with Crippen molar-refractivity contribution in [3.63, 3.8) is 0 Å². The van der Waals surface area contributed by atoms with Crippen molar-refractivity contribution in [3.05, 3.63) is 0 Å². The molecule has 0 saturated carbocycles. The Morgan fingerprint density at radius 2 is 1.29 bits per heavy atom. The molecule has 0 aromatic heterocycles. The molecule has 0 saturated heterocycles. The molecule has 0 atom stereocenters. The van der Waals surface area contributed by atoms with Gasteiger partial charge >= 0.3 is 65.9 Å². The van der Waals surface area contributed by atoms with E-state index in [9.17, 15) is 0 Å². The summed E-state index contributed by atoms with van der Waals surface area (Å²) in [7, 11) is 0. The Kier molecular flexibility index (Phi) is 53.5. The van der Waals surface area contributed by atoms with Gasteiger partial charge in [0.25, 0.3) is 0 Å². The monoisotopic (exact) mass is 277 g/mol. The van der Waals surface area contributed by atoms with E-state index >= 15 is 0 Å². The van der Waals surface area contributed by atoms with Crippen molar-refractivity contribution < 1.29 is 37.6 Å². The van der Waals surface area contributed by atoms with Gasteiger partial charge in [-0.15, -0.1) is 0 Å². The quantitative estimate of drug-likeness (QED) is 0.443. The molecule has 0 bridgehead atoms. The van der Waals surface area contributed by atoms with E-state index in [1.54, 1.807) is 0 Å². The van der Waals surface area contributed by atoms with Crippen molar-refractivity contribution >= 4 is 55.0 Å². The Morgan fingerprint density at radius 3 is 1.29 bits per heavy atom. The van der Waals surface area contributed by atoms with Gasteiger partial charge in [-0.3, -0.25) is 0 Å². The molecule has 4 nitrogen and oxygen atoms in total. The molecular formula is CBaCuO4. The van der Waals surface area contributed by atoms with Gasteiger partial charge in [-0.2, -0.15) is 0 Å². The Morgan fingerprint density at radius 1 is 1.29 bits per heavy atom. The number of carbonyl (C=O) groups excluding carboxylic acids is 1. The predicted molar refractivity (Wildman–Crippen MR) is 11.8 cm³/mol. The number of rotatable bonds is 0. The number of hydrogen-bond acceptors (Lipinski definition) is 3. The smallest absolute Gasteiger partial charge is 2.00 e. The van der Waals surface area contributed by atoms with Crippen LogP contribution in [0.2, 0.25) is 0 Å². The average molecular weight is 277 g/mol. The van der Waals surface area contributed by atoms with Crippen LogP contribution in [-0.4, -0.2) is 55.0 Å². The topological polar surface area (TPSA) is 91.7 Å². The van der Waals surface area contributed by atoms with Crippen LogP contribution in [-0.2, 0) is 22.5 Å². The van der Waals surface area contributed by atoms with E-state index in [1.165, 1.54) is 0 Å². The van der Waals surface area contributed by atoms with Crippen LogP contribution in [0.5, 0.6) is 0 Å². The first-order valence-electron chi connectivity index (χ1n) is 0.612. The molecule has 0 aliphatic carbocycles. The molecule has 0 fully saturated rings. The molecule has 7 heavy (non-hydrogen) atoms. The van der Waals surface area contributed by atoms with Gasteiger partial charge in [-0.05, 0) is 6.16 Å². The van der Waals surface area contributed by atoms with E-state index < -0.39 is 6.16 Å². The molecule has 1 radical (unpaired) electrons. The first kappa shape index (κ1) is 23.9. The van der Waals surface area contributed by atoms with E-state index in [0.29, 0.717) is 0 Å². The third-order valence-corrected chi connectivity index (χ3v) is 0. The summed E-state index contributed by atoms with van der Waals surface area (Å²) in [5, 5.41) is 16.7. The maximum absolute atomic E-state index is 8.33. The zero-order valence-corrected chi connectivity index (χ0v) is 8.52. The van der Waals surface area contributed by atoms with Crippen LogP contribution in [0.4, 0.5) is 4.79 Å². The summed E-state index contributed by atoms with van der Waals surface area (Å²) in [4.78, 5) is 8.33. The van der Waals surface area contributed by atoms with Gasteiger partial charge in [0.15, 0.2) is 0 Å². The molecule has 0 aliphatic rings. The first-order chi connectivity index (χ1) is 1.73. The van der Waals surface area contributed by atoms with Gasteiger partial charge in [0.2, 0.25) is 0 Å². The summed E-state index contributed by atoms with van der Waals surface area (Å²) in [6.07, 6.45) is -2.33. The van der Waals surface area contributed by atoms with E-state index in [2.05, 4.69) is 0 Å². The molecule has 0 aliphatic heterocycles. The fraction of sp³-hybridized carbons (Fsp3) is 0. The second-order valence-corrected chi connectivity index (χ2v) is 0.250. The van der Waals surface area contributed by atoms with Crippen molar-refractivity contribution in [3.8, 4) is 0 Å². The largest absolute Gasteiger partial charge is 2.00 e.